The number of nitrogens with one attached hydrogen (secondary N) is 2. The number of hydrogen-bond donors (Lipinski definition) is 2. The Kier molecular flexibility index (Phi) is 6.14. The molecule has 150 valence electrons. The van der Waals surface area contributed by atoms with Crippen molar-refractivity contribution < 1.29 is 0 Å². The third-order valence-corrected chi connectivity index (χ3v) is 5.91. The lowest BCUT2D eigenvalue weighted by Gasteiger charge is -2.20. The summed E-state index contributed by atoms with van der Waals surface area (Å²) in [6.07, 6.45) is 4.54. The number of anilines is 1. The first-order chi connectivity index (χ1) is 13.7. The highest BCUT2D eigenvalue weighted by atomic mass is 79.9. The molecule has 2 aliphatic heterocycles. The van der Waals surface area contributed by atoms with Gasteiger partial charge in [-0.25, -0.2) is 4.99 Å². The van der Waals surface area contributed by atoms with Gasteiger partial charge in [0.1, 0.15) is 12.4 Å². The van der Waals surface area contributed by atoms with Crippen molar-refractivity contribution in [1.82, 2.24) is 25.4 Å². The Balaban J connectivity index is 1.37. The monoisotopic (exact) mass is 445 g/mol. The summed E-state index contributed by atoms with van der Waals surface area (Å²) >= 11 is 3.51. The molecule has 2 aromatic rings. The van der Waals surface area contributed by atoms with Crippen LogP contribution in [0.25, 0.3) is 0 Å². The zero-order valence-electron chi connectivity index (χ0n) is 16.4. The van der Waals surface area contributed by atoms with E-state index in [1.807, 2.05) is 0 Å². The maximum atomic E-state index is 4.78. The van der Waals surface area contributed by atoms with Crippen LogP contribution in [-0.4, -0.2) is 46.4 Å². The van der Waals surface area contributed by atoms with E-state index in [2.05, 4.69) is 77.4 Å². The van der Waals surface area contributed by atoms with E-state index in [0.29, 0.717) is 12.6 Å². The fourth-order valence-corrected chi connectivity index (χ4v) is 4.18. The molecule has 0 saturated carbocycles. The number of rotatable bonds is 5. The molecule has 4 rings (SSSR count). The Morgan fingerprint density at radius 1 is 1.21 bits per heavy atom. The zero-order chi connectivity index (χ0) is 19.3. The molecule has 8 heteroatoms. The van der Waals surface area contributed by atoms with Crippen LogP contribution in [0.4, 0.5) is 5.69 Å². The summed E-state index contributed by atoms with van der Waals surface area (Å²) in [5, 5.41) is 15.7. The number of aliphatic imine (C=N–C) groups is 1. The van der Waals surface area contributed by atoms with Gasteiger partial charge in [0.15, 0.2) is 11.8 Å². The van der Waals surface area contributed by atoms with Crippen LogP contribution in [0.1, 0.15) is 37.8 Å². The Hall–Kier alpha value is -2.09. The minimum absolute atomic E-state index is 0.383. The van der Waals surface area contributed by atoms with Gasteiger partial charge in [0.25, 0.3) is 0 Å². The van der Waals surface area contributed by atoms with Gasteiger partial charge in [0, 0.05) is 48.8 Å². The van der Waals surface area contributed by atoms with Crippen molar-refractivity contribution in [2.45, 2.75) is 51.7 Å². The molecule has 1 atom stereocenters. The van der Waals surface area contributed by atoms with Gasteiger partial charge in [0.05, 0.1) is 0 Å². The lowest BCUT2D eigenvalue weighted by Crippen LogP contribution is -2.44. The van der Waals surface area contributed by atoms with Crippen LogP contribution in [0.15, 0.2) is 33.7 Å². The van der Waals surface area contributed by atoms with Crippen molar-refractivity contribution in [2.75, 3.05) is 24.5 Å². The summed E-state index contributed by atoms with van der Waals surface area (Å²) in [5.74, 6) is 2.93. The number of guanidine groups is 1. The maximum absolute atomic E-state index is 4.78. The fourth-order valence-electron chi connectivity index (χ4n) is 3.91. The summed E-state index contributed by atoms with van der Waals surface area (Å²) in [4.78, 5) is 7.20. The molecule has 0 amide bonds. The number of hydrogen-bond acceptors (Lipinski definition) is 4. The molecule has 0 aliphatic carbocycles. The molecule has 3 heterocycles. The Labute approximate surface area is 174 Å². The van der Waals surface area contributed by atoms with Crippen molar-refractivity contribution in [3.63, 3.8) is 0 Å². The Bertz CT molecular complexity index is 814. The van der Waals surface area contributed by atoms with Crippen molar-refractivity contribution in [3.05, 3.63) is 40.4 Å². The third kappa shape index (κ3) is 4.48. The first-order valence-electron chi connectivity index (χ1n) is 10.2. The second kappa shape index (κ2) is 8.94. The second-order valence-electron chi connectivity index (χ2n) is 7.39. The predicted octanol–water partition coefficient (Wildman–Crippen LogP) is 2.71. The molecule has 2 N–H and O–H groups in total. The van der Waals surface area contributed by atoms with Crippen LogP contribution in [0.5, 0.6) is 0 Å². The number of fused-ring (bicyclic) bond motifs is 1. The van der Waals surface area contributed by atoms with E-state index in [4.69, 9.17) is 4.99 Å². The van der Waals surface area contributed by atoms with Gasteiger partial charge in [-0.1, -0.05) is 15.9 Å². The average Bonchev–Trinajstić information content (AvgIpc) is 3.34. The normalized spacial score (nSPS) is 19.6. The standard InChI is InChI=1S/C20H28BrN7/c1-2-22-20(23-13-19-26-25-18-5-3-4-11-28(18)19)24-16-10-12-27(14-16)17-8-6-15(21)7-9-17/h6-9,16H,2-5,10-14H2,1H3,(H2,22,23,24). The topological polar surface area (TPSA) is 70.4 Å². The van der Waals surface area contributed by atoms with E-state index < -0.39 is 0 Å². The summed E-state index contributed by atoms with van der Waals surface area (Å²) < 4.78 is 3.35. The van der Waals surface area contributed by atoms with Crippen LogP contribution in [-0.2, 0) is 19.5 Å². The number of halogens is 1. The van der Waals surface area contributed by atoms with E-state index in [0.717, 1.165) is 61.1 Å². The highest BCUT2D eigenvalue weighted by Crippen LogP contribution is 2.22. The number of benzene rings is 1. The summed E-state index contributed by atoms with van der Waals surface area (Å²) in [6.45, 7) is 6.54. The van der Waals surface area contributed by atoms with E-state index in [-0.39, 0.29) is 0 Å². The SMILES string of the molecule is CCNC(=NCc1nnc2n1CCCC2)NC1CCN(c2ccc(Br)cc2)C1. The summed E-state index contributed by atoms with van der Waals surface area (Å²) in [7, 11) is 0. The molecule has 7 nitrogen and oxygen atoms in total. The quantitative estimate of drug-likeness (QED) is 0.546. The molecule has 0 spiro atoms. The molecule has 1 aromatic carbocycles. The molecular weight excluding hydrogens is 418 g/mol. The highest BCUT2D eigenvalue weighted by molar-refractivity contribution is 9.10. The molecule has 1 saturated heterocycles. The average molecular weight is 446 g/mol. The molecule has 1 aromatic heterocycles. The minimum atomic E-state index is 0.383. The molecular formula is C20H28BrN7. The second-order valence-corrected chi connectivity index (χ2v) is 8.30. The van der Waals surface area contributed by atoms with Gasteiger partial charge in [-0.3, -0.25) is 0 Å². The Morgan fingerprint density at radius 2 is 2.07 bits per heavy atom. The molecule has 0 bridgehead atoms. The van der Waals surface area contributed by atoms with Crippen molar-refractivity contribution >= 4 is 27.6 Å². The summed E-state index contributed by atoms with van der Waals surface area (Å²) in [5.41, 5.74) is 1.27. The van der Waals surface area contributed by atoms with Crippen LogP contribution < -0.4 is 15.5 Å². The van der Waals surface area contributed by atoms with Crippen LogP contribution in [0, 0.1) is 0 Å². The van der Waals surface area contributed by atoms with E-state index >= 15 is 0 Å². The van der Waals surface area contributed by atoms with E-state index in [1.165, 1.54) is 18.5 Å². The van der Waals surface area contributed by atoms with Gasteiger partial charge in [0.2, 0.25) is 0 Å². The minimum Gasteiger partial charge on any atom is -0.369 e. The van der Waals surface area contributed by atoms with Gasteiger partial charge in [-0.15, -0.1) is 10.2 Å². The number of aromatic nitrogens is 3. The van der Waals surface area contributed by atoms with Gasteiger partial charge < -0.3 is 20.1 Å². The van der Waals surface area contributed by atoms with Crippen LogP contribution in [0.3, 0.4) is 0 Å². The smallest absolute Gasteiger partial charge is 0.191 e. The Morgan fingerprint density at radius 3 is 2.89 bits per heavy atom. The first-order valence-corrected chi connectivity index (χ1v) is 11.0. The third-order valence-electron chi connectivity index (χ3n) is 5.38. The van der Waals surface area contributed by atoms with Gasteiger partial charge in [-0.2, -0.15) is 0 Å². The molecule has 1 unspecified atom stereocenters. The number of nitrogens with zero attached hydrogens (tertiary/aromatic N) is 5. The predicted molar refractivity (Wildman–Crippen MR) is 116 cm³/mol. The lowest BCUT2D eigenvalue weighted by molar-refractivity contribution is 0.508. The van der Waals surface area contributed by atoms with Crippen molar-refractivity contribution in [3.8, 4) is 0 Å². The summed E-state index contributed by atoms with van der Waals surface area (Å²) in [6, 6.07) is 8.91. The van der Waals surface area contributed by atoms with Gasteiger partial charge >= 0.3 is 0 Å². The van der Waals surface area contributed by atoms with Crippen molar-refractivity contribution in [2.24, 2.45) is 4.99 Å². The lowest BCUT2D eigenvalue weighted by atomic mass is 10.2. The fraction of sp³-hybridized carbons (Fsp3) is 0.550. The first kappa shape index (κ1) is 19.2. The van der Waals surface area contributed by atoms with Crippen LogP contribution in [0.2, 0.25) is 0 Å². The zero-order valence-corrected chi connectivity index (χ0v) is 18.0. The van der Waals surface area contributed by atoms with E-state index in [1.54, 1.807) is 0 Å². The maximum Gasteiger partial charge on any atom is 0.191 e. The molecule has 28 heavy (non-hydrogen) atoms. The van der Waals surface area contributed by atoms with Crippen LogP contribution >= 0.6 is 15.9 Å². The molecule has 2 aliphatic rings. The largest absolute Gasteiger partial charge is 0.369 e. The van der Waals surface area contributed by atoms with Crippen molar-refractivity contribution in [1.29, 1.82) is 0 Å². The molecule has 1 fully saturated rings. The molecule has 0 radical (unpaired) electrons. The van der Waals surface area contributed by atoms with E-state index in [9.17, 15) is 0 Å². The number of aryl methyl sites for hydroxylation is 1. The highest BCUT2D eigenvalue weighted by Gasteiger charge is 2.23. The van der Waals surface area contributed by atoms with Gasteiger partial charge in [-0.05, 0) is 50.5 Å².